The van der Waals surface area contributed by atoms with Crippen LogP contribution in [0.25, 0.3) is 10.7 Å². The maximum atomic E-state index is 11.5. The molecule has 0 N–H and O–H groups in total. The van der Waals surface area contributed by atoms with E-state index in [1.807, 2.05) is 0 Å². The lowest BCUT2D eigenvalue weighted by Gasteiger charge is -2.05. The summed E-state index contributed by atoms with van der Waals surface area (Å²) in [7, 11) is 1.25. The molecule has 7 heteroatoms. The molecule has 0 radical (unpaired) electrons. The number of nitrogens with zero attached hydrogens (tertiary/aromatic N) is 2. The zero-order valence-corrected chi connectivity index (χ0v) is 10.9. The Bertz CT molecular complexity index is 558. The molecule has 0 atom stereocenters. The first-order chi connectivity index (χ1) is 8.13. The third kappa shape index (κ3) is 2.41. The van der Waals surface area contributed by atoms with E-state index in [0.29, 0.717) is 10.7 Å². The summed E-state index contributed by atoms with van der Waals surface area (Å²) in [4.78, 5) is 19.7. The molecular formula is C10H6Cl2N2O2S. The van der Waals surface area contributed by atoms with Gasteiger partial charge in [-0.25, -0.2) is 14.8 Å². The van der Waals surface area contributed by atoms with Crippen molar-refractivity contribution in [2.45, 2.75) is 0 Å². The third-order valence-corrected chi connectivity index (χ3v) is 3.52. The number of carbonyl (C=O) groups is 1. The molecule has 0 aromatic carbocycles. The molecule has 2 aromatic rings. The van der Waals surface area contributed by atoms with Crippen LogP contribution >= 0.6 is 34.5 Å². The minimum atomic E-state index is -0.629. The van der Waals surface area contributed by atoms with E-state index in [9.17, 15) is 4.79 Å². The molecular weight excluding hydrogens is 283 g/mol. The molecule has 0 aliphatic rings. The van der Waals surface area contributed by atoms with Crippen LogP contribution in [0, 0.1) is 0 Å². The van der Waals surface area contributed by atoms with Gasteiger partial charge in [-0.15, -0.1) is 11.3 Å². The molecule has 0 amide bonds. The van der Waals surface area contributed by atoms with Crippen molar-refractivity contribution in [1.82, 2.24) is 9.97 Å². The summed E-state index contributed by atoms with van der Waals surface area (Å²) in [6.45, 7) is 0. The lowest BCUT2D eigenvalue weighted by Crippen LogP contribution is -2.06. The van der Waals surface area contributed by atoms with Gasteiger partial charge in [0, 0.05) is 11.6 Å². The first-order valence-electron chi connectivity index (χ1n) is 4.47. The van der Waals surface area contributed by atoms with Crippen LogP contribution in [0.2, 0.25) is 10.0 Å². The average molecular weight is 289 g/mol. The molecule has 2 heterocycles. The average Bonchev–Trinajstić information content (AvgIpc) is 2.85. The van der Waals surface area contributed by atoms with Crippen LogP contribution in [0.3, 0.4) is 0 Å². The van der Waals surface area contributed by atoms with Crippen LogP contribution in [0.5, 0.6) is 0 Å². The Morgan fingerprint density at radius 2 is 2.24 bits per heavy atom. The van der Waals surface area contributed by atoms with Crippen molar-refractivity contribution in [3.8, 4) is 10.7 Å². The van der Waals surface area contributed by atoms with Gasteiger partial charge in [-0.05, 0) is 6.07 Å². The first-order valence-corrected chi connectivity index (χ1v) is 6.11. The number of pyridine rings is 1. The first kappa shape index (κ1) is 12.3. The lowest BCUT2D eigenvalue weighted by molar-refractivity contribution is 0.0594. The largest absolute Gasteiger partial charge is 0.464 e. The van der Waals surface area contributed by atoms with Crippen molar-refractivity contribution in [3.05, 3.63) is 33.4 Å². The van der Waals surface area contributed by atoms with Gasteiger partial charge in [-0.2, -0.15) is 0 Å². The Kier molecular flexibility index (Phi) is 3.61. The minimum absolute atomic E-state index is 0.00753. The van der Waals surface area contributed by atoms with Gasteiger partial charge in [0.1, 0.15) is 10.7 Å². The topological polar surface area (TPSA) is 52.1 Å². The molecule has 4 nitrogen and oxygen atoms in total. The quantitative estimate of drug-likeness (QED) is 0.796. The molecule has 0 spiro atoms. The Morgan fingerprint density at radius 3 is 2.82 bits per heavy atom. The zero-order valence-electron chi connectivity index (χ0n) is 8.61. The second-order valence-corrected chi connectivity index (χ2v) is 4.66. The van der Waals surface area contributed by atoms with Crippen molar-refractivity contribution >= 4 is 40.5 Å². The molecule has 0 unspecified atom stereocenters. The maximum absolute atomic E-state index is 11.5. The molecule has 0 aliphatic heterocycles. The summed E-state index contributed by atoms with van der Waals surface area (Å²) in [6.07, 6.45) is 1.64. The van der Waals surface area contributed by atoms with Gasteiger partial charge in [0.25, 0.3) is 0 Å². The standard InChI is InChI=1S/C10H6Cl2N2O2S/c1-16-10(15)8-7(12)5(11)4-6(14-8)9-13-2-3-17-9/h2-4H,1H3. The number of esters is 1. The van der Waals surface area contributed by atoms with E-state index in [1.165, 1.54) is 18.4 Å². The fourth-order valence-corrected chi connectivity index (χ4v) is 2.15. The highest BCUT2D eigenvalue weighted by molar-refractivity contribution is 7.13. The predicted molar refractivity (Wildman–Crippen MR) is 66.7 cm³/mol. The van der Waals surface area contributed by atoms with Crippen LogP contribution in [-0.2, 0) is 4.74 Å². The number of methoxy groups -OCH3 is 1. The second-order valence-electron chi connectivity index (χ2n) is 2.98. The molecule has 2 rings (SSSR count). The summed E-state index contributed by atoms with van der Waals surface area (Å²) >= 11 is 13.2. The number of rotatable bonds is 2. The fraction of sp³-hybridized carbons (Fsp3) is 0.100. The highest BCUT2D eigenvalue weighted by Gasteiger charge is 2.18. The van der Waals surface area contributed by atoms with Crippen molar-refractivity contribution in [2.24, 2.45) is 0 Å². The van der Waals surface area contributed by atoms with Gasteiger partial charge in [-0.3, -0.25) is 0 Å². The van der Waals surface area contributed by atoms with Gasteiger partial charge in [0.05, 0.1) is 17.2 Å². The van der Waals surface area contributed by atoms with Crippen LogP contribution in [-0.4, -0.2) is 23.0 Å². The van der Waals surface area contributed by atoms with Crippen LogP contribution < -0.4 is 0 Å². The van der Waals surface area contributed by atoms with Crippen molar-refractivity contribution in [3.63, 3.8) is 0 Å². The molecule has 2 aromatic heterocycles. The Labute approximate surface area is 111 Å². The van der Waals surface area contributed by atoms with E-state index in [0.717, 1.165) is 0 Å². The van der Waals surface area contributed by atoms with E-state index >= 15 is 0 Å². The third-order valence-electron chi connectivity index (χ3n) is 1.94. The number of carbonyl (C=O) groups excluding carboxylic acids is 1. The van der Waals surface area contributed by atoms with E-state index in [-0.39, 0.29) is 15.7 Å². The molecule has 0 bridgehead atoms. The number of thiazole rings is 1. The van der Waals surface area contributed by atoms with E-state index in [4.69, 9.17) is 23.2 Å². The number of aromatic nitrogens is 2. The second kappa shape index (κ2) is 5.00. The van der Waals surface area contributed by atoms with E-state index < -0.39 is 5.97 Å². The van der Waals surface area contributed by atoms with Gasteiger partial charge in [-0.1, -0.05) is 23.2 Å². The van der Waals surface area contributed by atoms with Crippen molar-refractivity contribution in [2.75, 3.05) is 7.11 Å². The van der Waals surface area contributed by atoms with Crippen LogP contribution in [0.4, 0.5) is 0 Å². The Morgan fingerprint density at radius 1 is 1.47 bits per heavy atom. The normalized spacial score (nSPS) is 10.3. The van der Waals surface area contributed by atoms with Gasteiger partial charge >= 0.3 is 5.97 Å². The Balaban J connectivity index is 2.57. The van der Waals surface area contributed by atoms with Crippen molar-refractivity contribution in [1.29, 1.82) is 0 Å². The summed E-state index contributed by atoms with van der Waals surface area (Å²) in [6, 6.07) is 1.56. The molecule has 0 saturated heterocycles. The molecule has 17 heavy (non-hydrogen) atoms. The summed E-state index contributed by atoms with van der Waals surface area (Å²) in [5.41, 5.74) is 0.488. The highest BCUT2D eigenvalue weighted by atomic mass is 35.5. The molecule has 0 aliphatic carbocycles. The lowest BCUT2D eigenvalue weighted by atomic mass is 10.3. The van der Waals surface area contributed by atoms with Crippen LogP contribution in [0.15, 0.2) is 17.6 Å². The zero-order chi connectivity index (χ0) is 12.4. The summed E-state index contributed by atoms with van der Waals surface area (Å²) < 4.78 is 4.58. The van der Waals surface area contributed by atoms with Crippen molar-refractivity contribution < 1.29 is 9.53 Å². The smallest absolute Gasteiger partial charge is 0.358 e. The Hall–Kier alpha value is -1.17. The fourth-order valence-electron chi connectivity index (χ4n) is 1.19. The van der Waals surface area contributed by atoms with Gasteiger partial charge in [0.2, 0.25) is 0 Å². The number of halogens is 2. The molecule has 0 fully saturated rings. The van der Waals surface area contributed by atoms with E-state index in [1.54, 1.807) is 17.6 Å². The SMILES string of the molecule is COC(=O)c1nc(-c2nccs2)cc(Cl)c1Cl. The highest BCUT2D eigenvalue weighted by Crippen LogP contribution is 2.30. The molecule has 88 valence electrons. The molecule has 0 saturated carbocycles. The summed E-state index contributed by atoms with van der Waals surface area (Å²) in [5.74, 6) is -0.629. The monoisotopic (exact) mass is 288 g/mol. The van der Waals surface area contributed by atoms with E-state index in [2.05, 4.69) is 14.7 Å². The minimum Gasteiger partial charge on any atom is -0.464 e. The van der Waals surface area contributed by atoms with Gasteiger partial charge in [0.15, 0.2) is 5.69 Å². The number of ether oxygens (including phenoxy) is 1. The number of hydrogen-bond donors (Lipinski definition) is 0. The maximum Gasteiger partial charge on any atom is 0.358 e. The number of hydrogen-bond acceptors (Lipinski definition) is 5. The van der Waals surface area contributed by atoms with Crippen LogP contribution in [0.1, 0.15) is 10.5 Å². The predicted octanol–water partition coefficient (Wildman–Crippen LogP) is 3.30. The summed E-state index contributed by atoms with van der Waals surface area (Å²) in [5, 5.41) is 2.79. The van der Waals surface area contributed by atoms with Gasteiger partial charge < -0.3 is 4.74 Å².